The second-order valence-electron chi connectivity index (χ2n) is 5.77. The molecule has 0 unspecified atom stereocenters. The van der Waals surface area contributed by atoms with E-state index in [0.717, 1.165) is 10.9 Å². The first kappa shape index (κ1) is 18.0. The lowest BCUT2D eigenvalue weighted by Crippen LogP contribution is -2.41. The molecule has 26 heavy (non-hydrogen) atoms. The van der Waals surface area contributed by atoms with Gasteiger partial charge in [0.2, 0.25) is 0 Å². The molecular weight excluding hydrogens is 356 g/mol. The number of carbonyl (C=O) groups is 1. The van der Waals surface area contributed by atoms with Gasteiger partial charge in [0.15, 0.2) is 5.76 Å². The van der Waals surface area contributed by atoms with Gasteiger partial charge in [0.1, 0.15) is 16.2 Å². The predicted octanol–water partition coefficient (Wildman–Crippen LogP) is 2.68. The molecule has 2 aromatic carbocycles. The highest BCUT2D eigenvalue weighted by Gasteiger charge is 2.23. The van der Waals surface area contributed by atoms with Crippen molar-refractivity contribution in [2.24, 2.45) is 0 Å². The van der Waals surface area contributed by atoms with Gasteiger partial charge in [-0.25, -0.2) is 8.42 Å². The number of aryl methyl sites for hydroxylation is 2. The Bertz CT molecular complexity index is 1090. The number of para-hydroxylation sites is 1. The Labute approximate surface area is 151 Å². The second-order valence-corrected chi connectivity index (χ2v) is 7.42. The van der Waals surface area contributed by atoms with Crippen molar-refractivity contribution >= 4 is 26.9 Å². The van der Waals surface area contributed by atoms with Crippen molar-refractivity contribution in [3.05, 3.63) is 59.4 Å². The van der Waals surface area contributed by atoms with Gasteiger partial charge in [-0.3, -0.25) is 10.2 Å². The van der Waals surface area contributed by atoms with Crippen molar-refractivity contribution in [1.29, 1.82) is 0 Å². The first-order valence-electron chi connectivity index (χ1n) is 7.78. The quantitative estimate of drug-likeness (QED) is 0.669. The molecule has 1 heterocycles. The van der Waals surface area contributed by atoms with E-state index in [1.807, 2.05) is 12.1 Å². The molecule has 136 valence electrons. The van der Waals surface area contributed by atoms with Crippen LogP contribution in [-0.4, -0.2) is 21.4 Å². The smallest absolute Gasteiger partial charge is 0.302 e. The number of carbonyl (C=O) groups excluding carboxylic acids is 1. The Kier molecular flexibility index (Phi) is 4.71. The number of fused-ring (bicyclic) bond motifs is 1. The number of rotatable bonds is 5. The number of amides is 1. The van der Waals surface area contributed by atoms with Gasteiger partial charge in [-0.05, 0) is 37.6 Å². The zero-order valence-corrected chi connectivity index (χ0v) is 15.3. The van der Waals surface area contributed by atoms with Crippen LogP contribution in [0.2, 0.25) is 0 Å². The fourth-order valence-electron chi connectivity index (χ4n) is 2.61. The van der Waals surface area contributed by atoms with E-state index in [1.54, 1.807) is 38.1 Å². The van der Waals surface area contributed by atoms with Crippen LogP contribution < -0.4 is 15.0 Å². The average molecular weight is 374 g/mol. The van der Waals surface area contributed by atoms with Gasteiger partial charge in [-0.2, -0.15) is 0 Å². The summed E-state index contributed by atoms with van der Waals surface area (Å²) in [6, 6.07) is 11.9. The summed E-state index contributed by atoms with van der Waals surface area (Å²) in [6.45, 7) is 3.49. The van der Waals surface area contributed by atoms with Gasteiger partial charge in [0.05, 0.1) is 7.11 Å². The first-order valence-corrected chi connectivity index (χ1v) is 9.26. The molecule has 3 rings (SSSR count). The van der Waals surface area contributed by atoms with Crippen LogP contribution in [0.1, 0.15) is 21.7 Å². The number of hydrogen-bond donors (Lipinski definition) is 2. The molecule has 0 radical (unpaired) electrons. The molecule has 1 amide bonds. The third-order valence-corrected chi connectivity index (χ3v) is 5.23. The SMILES string of the molecule is COc1ccc(C)cc1S(=O)(=O)NNC(=O)c1oc2ccccc2c1C. The molecule has 0 aliphatic carbocycles. The number of furan rings is 1. The highest BCUT2D eigenvalue weighted by molar-refractivity contribution is 7.89. The summed E-state index contributed by atoms with van der Waals surface area (Å²) in [5, 5.41) is 0.792. The lowest BCUT2D eigenvalue weighted by Gasteiger charge is -2.12. The van der Waals surface area contributed by atoms with E-state index in [0.29, 0.717) is 11.1 Å². The number of hydrogen-bond acceptors (Lipinski definition) is 5. The third kappa shape index (κ3) is 3.29. The minimum absolute atomic E-state index is 0.0464. The third-order valence-electron chi connectivity index (χ3n) is 3.96. The molecule has 0 saturated carbocycles. The van der Waals surface area contributed by atoms with E-state index in [1.165, 1.54) is 13.2 Å². The second kappa shape index (κ2) is 6.81. The summed E-state index contributed by atoms with van der Waals surface area (Å²) in [6.07, 6.45) is 0. The fourth-order valence-corrected chi connectivity index (χ4v) is 3.70. The van der Waals surface area contributed by atoms with Crippen LogP contribution in [0.25, 0.3) is 11.0 Å². The average Bonchev–Trinajstić information content (AvgIpc) is 2.97. The standard InChI is InChI=1S/C18H18N2O5S/c1-11-8-9-15(24-3)16(10-11)26(22,23)20-19-18(21)17-12(2)13-6-4-5-7-14(13)25-17/h4-10,20H,1-3H3,(H,19,21). The molecule has 0 saturated heterocycles. The summed E-state index contributed by atoms with van der Waals surface area (Å²) in [5.41, 5.74) is 4.11. The summed E-state index contributed by atoms with van der Waals surface area (Å²) >= 11 is 0. The van der Waals surface area contributed by atoms with Gasteiger partial charge in [0, 0.05) is 10.9 Å². The maximum Gasteiger partial charge on any atom is 0.302 e. The van der Waals surface area contributed by atoms with Gasteiger partial charge in [-0.15, -0.1) is 4.83 Å². The van der Waals surface area contributed by atoms with Crippen LogP contribution in [0.15, 0.2) is 51.8 Å². The van der Waals surface area contributed by atoms with Crippen molar-refractivity contribution in [3.63, 3.8) is 0 Å². The van der Waals surface area contributed by atoms with E-state index in [9.17, 15) is 13.2 Å². The van der Waals surface area contributed by atoms with Crippen molar-refractivity contribution in [1.82, 2.24) is 10.3 Å². The number of sulfonamides is 1. The maximum atomic E-state index is 12.5. The topological polar surface area (TPSA) is 97.6 Å². The number of hydrazine groups is 1. The van der Waals surface area contributed by atoms with Crippen molar-refractivity contribution < 1.29 is 22.4 Å². The molecule has 0 aliphatic rings. The van der Waals surface area contributed by atoms with Gasteiger partial charge in [-0.1, -0.05) is 24.3 Å². The Morgan fingerprint density at radius 1 is 1.12 bits per heavy atom. The molecule has 0 aliphatic heterocycles. The monoisotopic (exact) mass is 374 g/mol. The highest BCUT2D eigenvalue weighted by atomic mass is 32.2. The number of benzene rings is 2. The Morgan fingerprint density at radius 3 is 2.54 bits per heavy atom. The Balaban J connectivity index is 1.84. The van der Waals surface area contributed by atoms with Crippen molar-refractivity contribution in [2.75, 3.05) is 7.11 Å². The highest BCUT2D eigenvalue weighted by Crippen LogP contribution is 2.26. The number of nitrogens with one attached hydrogen (secondary N) is 2. The normalized spacial score (nSPS) is 11.5. The lowest BCUT2D eigenvalue weighted by atomic mass is 10.1. The van der Waals surface area contributed by atoms with Crippen molar-refractivity contribution in [3.8, 4) is 5.75 Å². The molecule has 0 fully saturated rings. The summed E-state index contributed by atoms with van der Waals surface area (Å²) < 4.78 is 35.7. The molecule has 7 nitrogen and oxygen atoms in total. The van der Waals surface area contributed by atoms with Gasteiger partial charge >= 0.3 is 5.91 Å². The van der Waals surface area contributed by atoms with E-state index in [-0.39, 0.29) is 16.4 Å². The van der Waals surface area contributed by atoms with Crippen LogP contribution in [0.3, 0.4) is 0 Å². The van der Waals surface area contributed by atoms with E-state index < -0.39 is 15.9 Å². The Morgan fingerprint density at radius 2 is 1.85 bits per heavy atom. The largest absolute Gasteiger partial charge is 0.495 e. The molecule has 0 spiro atoms. The van der Waals surface area contributed by atoms with Crippen LogP contribution in [0, 0.1) is 13.8 Å². The lowest BCUT2D eigenvalue weighted by molar-refractivity contribution is 0.0918. The zero-order valence-electron chi connectivity index (χ0n) is 14.5. The van der Waals surface area contributed by atoms with Crippen LogP contribution >= 0.6 is 0 Å². The van der Waals surface area contributed by atoms with Gasteiger partial charge in [0.25, 0.3) is 10.0 Å². The zero-order chi connectivity index (χ0) is 18.9. The molecule has 0 atom stereocenters. The number of ether oxygens (including phenoxy) is 1. The summed E-state index contributed by atoms with van der Waals surface area (Å²) in [4.78, 5) is 14.4. The van der Waals surface area contributed by atoms with Crippen LogP contribution in [0.4, 0.5) is 0 Å². The molecule has 3 aromatic rings. The van der Waals surface area contributed by atoms with E-state index in [4.69, 9.17) is 9.15 Å². The van der Waals surface area contributed by atoms with Gasteiger partial charge < -0.3 is 9.15 Å². The summed E-state index contributed by atoms with van der Waals surface area (Å²) in [7, 11) is -2.65. The minimum Gasteiger partial charge on any atom is -0.495 e. The molecular formula is C18H18N2O5S. The minimum atomic E-state index is -4.02. The van der Waals surface area contributed by atoms with E-state index in [2.05, 4.69) is 10.3 Å². The molecule has 1 aromatic heterocycles. The van der Waals surface area contributed by atoms with E-state index >= 15 is 0 Å². The van der Waals surface area contributed by atoms with Crippen LogP contribution in [0.5, 0.6) is 5.75 Å². The predicted molar refractivity (Wildman–Crippen MR) is 96.5 cm³/mol. The number of methoxy groups -OCH3 is 1. The van der Waals surface area contributed by atoms with Crippen LogP contribution in [-0.2, 0) is 10.0 Å². The molecule has 2 N–H and O–H groups in total. The Hall–Kier alpha value is -2.84. The molecule has 0 bridgehead atoms. The summed E-state index contributed by atoms with van der Waals surface area (Å²) in [5.74, 6) is -0.462. The van der Waals surface area contributed by atoms with Crippen molar-refractivity contribution in [2.45, 2.75) is 18.7 Å². The molecule has 8 heteroatoms. The fraction of sp³-hybridized carbons (Fsp3) is 0.167. The maximum absolute atomic E-state index is 12.5. The first-order chi connectivity index (χ1) is 12.3.